The largest absolute Gasteiger partial charge is 0.317 e. The number of amides is 1. The fourth-order valence-electron chi connectivity index (χ4n) is 2.25. The summed E-state index contributed by atoms with van der Waals surface area (Å²) in [6, 6.07) is 0. The van der Waals surface area contributed by atoms with Crippen LogP contribution in [-0.2, 0) is 9.63 Å². The Morgan fingerprint density at radius 1 is 1.33 bits per heavy atom. The van der Waals surface area contributed by atoms with Gasteiger partial charge >= 0.3 is 0 Å². The molecule has 15 heavy (non-hydrogen) atoms. The van der Waals surface area contributed by atoms with Crippen LogP contribution in [0.5, 0.6) is 0 Å². The van der Waals surface area contributed by atoms with E-state index < -0.39 is 0 Å². The molecule has 0 spiro atoms. The van der Waals surface area contributed by atoms with Crippen molar-refractivity contribution in [1.82, 2.24) is 10.4 Å². The van der Waals surface area contributed by atoms with Crippen molar-refractivity contribution in [3.8, 4) is 0 Å². The molecule has 2 fully saturated rings. The highest BCUT2D eigenvalue weighted by Gasteiger charge is 2.38. The molecule has 4 heteroatoms. The molecule has 1 N–H and O–H groups in total. The van der Waals surface area contributed by atoms with E-state index in [0.717, 1.165) is 45.3 Å². The molecule has 2 aliphatic heterocycles. The smallest absolute Gasteiger partial charge is 0.252 e. The molecular weight excluding hydrogens is 192 g/mol. The molecule has 0 unspecified atom stereocenters. The minimum Gasteiger partial charge on any atom is -0.317 e. The summed E-state index contributed by atoms with van der Waals surface area (Å²) in [5, 5.41) is 4.88. The van der Waals surface area contributed by atoms with E-state index in [9.17, 15) is 4.79 Å². The van der Waals surface area contributed by atoms with Crippen molar-refractivity contribution in [1.29, 1.82) is 0 Å². The third-order valence-electron chi connectivity index (χ3n) is 3.45. The molecule has 86 valence electrons. The Morgan fingerprint density at radius 3 is 2.67 bits per heavy atom. The number of carbonyl (C=O) groups excluding carboxylic acids is 1. The molecule has 2 heterocycles. The summed E-state index contributed by atoms with van der Waals surface area (Å²) in [5.41, 5.74) is -0.206. The van der Waals surface area contributed by atoms with Crippen molar-refractivity contribution in [2.75, 3.05) is 26.2 Å². The Balaban J connectivity index is 1.98. The Kier molecular flexibility index (Phi) is 3.26. The molecule has 0 radical (unpaired) electrons. The monoisotopic (exact) mass is 212 g/mol. The van der Waals surface area contributed by atoms with Gasteiger partial charge in [-0.05, 0) is 38.8 Å². The van der Waals surface area contributed by atoms with Crippen LogP contribution in [0.3, 0.4) is 0 Å². The lowest BCUT2D eigenvalue weighted by Crippen LogP contribution is -2.49. The maximum atomic E-state index is 12.2. The maximum Gasteiger partial charge on any atom is 0.252 e. The lowest BCUT2D eigenvalue weighted by molar-refractivity contribution is -0.207. The topological polar surface area (TPSA) is 41.6 Å². The highest BCUT2D eigenvalue weighted by atomic mass is 16.7. The van der Waals surface area contributed by atoms with Gasteiger partial charge in [0, 0.05) is 6.54 Å². The molecular formula is C11H20N2O2. The molecule has 0 aromatic carbocycles. The van der Waals surface area contributed by atoms with Gasteiger partial charge in [-0.2, -0.15) is 0 Å². The van der Waals surface area contributed by atoms with Crippen molar-refractivity contribution in [2.45, 2.75) is 32.6 Å². The maximum absolute atomic E-state index is 12.2. The van der Waals surface area contributed by atoms with Crippen LogP contribution in [0.4, 0.5) is 0 Å². The van der Waals surface area contributed by atoms with E-state index in [1.165, 1.54) is 0 Å². The second-order valence-electron chi connectivity index (χ2n) is 4.76. The molecule has 0 aliphatic carbocycles. The predicted molar refractivity (Wildman–Crippen MR) is 57.1 cm³/mol. The molecule has 1 amide bonds. The Labute approximate surface area is 90.9 Å². The van der Waals surface area contributed by atoms with Gasteiger partial charge in [0.2, 0.25) is 0 Å². The van der Waals surface area contributed by atoms with Crippen LogP contribution in [0.2, 0.25) is 0 Å². The van der Waals surface area contributed by atoms with Gasteiger partial charge in [-0.1, -0.05) is 6.92 Å². The second-order valence-corrected chi connectivity index (χ2v) is 4.76. The number of rotatable bonds is 1. The first-order valence-corrected chi connectivity index (χ1v) is 5.88. The number of carbonyl (C=O) groups is 1. The molecule has 4 nitrogen and oxygen atoms in total. The van der Waals surface area contributed by atoms with E-state index >= 15 is 0 Å². The molecule has 0 aromatic heterocycles. The van der Waals surface area contributed by atoms with Crippen molar-refractivity contribution < 1.29 is 9.63 Å². The molecule has 0 atom stereocenters. The lowest BCUT2D eigenvalue weighted by Gasteiger charge is -2.37. The van der Waals surface area contributed by atoms with Crippen molar-refractivity contribution in [3.05, 3.63) is 0 Å². The van der Waals surface area contributed by atoms with Crippen LogP contribution in [0.25, 0.3) is 0 Å². The first-order valence-electron chi connectivity index (χ1n) is 5.88. The molecule has 0 bridgehead atoms. The van der Waals surface area contributed by atoms with E-state index in [2.05, 4.69) is 12.2 Å². The summed E-state index contributed by atoms with van der Waals surface area (Å²) >= 11 is 0. The van der Waals surface area contributed by atoms with Crippen molar-refractivity contribution in [2.24, 2.45) is 5.41 Å². The summed E-state index contributed by atoms with van der Waals surface area (Å²) in [6.07, 6.45) is 3.99. The zero-order valence-electron chi connectivity index (χ0n) is 9.42. The van der Waals surface area contributed by atoms with Crippen LogP contribution in [0.1, 0.15) is 32.6 Å². The molecule has 0 aromatic rings. The number of hydrogen-bond donors (Lipinski definition) is 1. The average Bonchev–Trinajstić information content (AvgIpc) is 2.30. The minimum absolute atomic E-state index is 0.184. The number of hydroxylamine groups is 2. The summed E-state index contributed by atoms with van der Waals surface area (Å²) in [4.78, 5) is 17.7. The van der Waals surface area contributed by atoms with Gasteiger partial charge in [0.05, 0.1) is 12.0 Å². The SMILES string of the molecule is CC1(C(=O)N2CCCCO2)CCNCC1. The zero-order chi connectivity index (χ0) is 10.7. The fourth-order valence-corrected chi connectivity index (χ4v) is 2.25. The van der Waals surface area contributed by atoms with Gasteiger partial charge in [0.25, 0.3) is 5.91 Å². The van der Waals surface area contributed by atoms with E-state index in [1.807, 2.05) is 0 Å². The van der Waals surface area contributed by atoms with Crippen molar-refractivity contribution >= 4 is 5.91 Å². The van der Waals surface area contributed by atoms with Gasteiger partial charge in [0.15, 0.2) is 0 Å². The van der Waals surface area contributed by atoms with Crippen LogP contribution in [0.15, 0.2) is 0 Å². The predicted octanol–water partition coefficient (Wildman–Crippen LogP) is 0.930. The van der Waals surface area contributed by atoms with Crippen LogP contribution in [0, 0.1) is 5.41 Å². The number of nitrogens with one attached hydrogen (secondary N) is 1. The van der Waals surface area contributed by atoms with Crippen LogP contribution < -0.4 is 5.32 Å². The van der Waals surface area contributed by atoms with Crippen molar-refractivity contribution in [3.63, 3.8) is 0 Å². The number of hydrogen-bond acceptors (Lipinski definition) is 3. The number of piperidine rings is 1. The first-order chi connectivity index (χ1) is 7.22. The van der Waals surface area contributed by atoms with E-state index in [-0.39, 0.29) is 11.3 Å². The first kappa shape index (κ1) is 10.9. The summed E-state index contributed by atoms with van der Waals surface area (Å²) in [7, 11) is 0. The van der Waals surface area contributed by atoms with Gasteiger partial charge in [-0.25, -0.2) is 5.06 Å². The van der Waals surface area contributed by atoms with Gasteiger partial charge in [-0.15, -0.1) is 0 Å². The van der Waals surface area contributed by atoms with Gasteiger partial charge < -0.3 is 5.32 Å². The average molecular weight is 212 g/mol. The summed E-state index contributed by atoms with van der Waals surface area (Å²) in [6.45, 7) is 5.40. The third-order valence-corrected chi connectivity index (χ3v) is 3.45. The minimum atomic E-state index is -0.206. The third kappa shape index (κ3) is 2.32. The molecule has 0 saturated carbocycles. The summed E-state index contributed by atoms with van der Waals surface area (Å²) in [5.74, 6) is 0.184. The molecule has 2 rings (SSSR count). The highest BCUT2D eigenvalue weighted by molar-refractivity contribution is 5.81. The number of nitrogens with zero attached hydrogens (tertiary/aromatic N) is 1. The Hall–Kier alpha value is -0.610. The quantitative estimate of drug-likeness (QED) is 0.703. The van der Waals surface area contributed by atoms with E-state index in [1.54, 1.807) is 5.06 Å². The van der Waals surface area contributed by atoms with Gasteiger partial charge in [0.1, 0.15) is 0 Å². The Bertz CT molecular complexity index is 231. The second kappa shape index (κ2) is 4.49. The van der Waals surface area contributed by atoms with Crippen LogP contribution in [-0.4, -0.2) is 37.2 Å². The van der Waals surface area contributed by atoms with Gasteiger partial charge in [-0.3, -0.25) is 9.63 Å². The fraction of sp³-hybridized carbons (Fsp3) is 0.909. The lowest BCUT2D eigenvalue weighted by atomic mass is 9.80. The standard InChI is InChI=1S/C11H20N2O2/c1-11(4-6-12-7-5-11)10(14)13-8-2-3-9-15-13/h12H,2-9H2,1H3. The molecule has 2 aliphatic rings. The molecule has 2 saturated heterocycles. The normalized spacial score (nSPS) is 26.3. The van der Waals surface area contributed by atoms with Crippen LogP contribution >= 0.6 is 0 Å². The summed E-state index contributed by atoms with van der Waals surface area (Å²) < 4.78 is 0. The highest BCUT2D eigenvalue weighted by Crippen LogP contribution is 2.31. The van der Waals surface area contributed by atoms with E-state index in [4.69, 9.17) is 4.84 Å². The Morgan fingerprint density at radius 2 is 2.07 bits per heavy atom. The zero-order valence-corrected chi connectivity index (χ0v) is 9.42. The van der Waals surface area contributed by atoms with E-state index in [0.29, 0.717) is 6.61 Å².